The third kappa shape index (κ3) is 1.10. The van der Waals surface area contributed by atoms with Gasteiger partial charge in [-0.15, -0.1) is 0 Å². The number of benzene rings is 1. The van der Waals surface area contributed by atoms with E-state index in [1.54, 1.807) is 0 Å². The van der Waals surface area contributed by atoms with Crippen LogP contribution in [0.25, 0.3) is 10.9 Å². The predicted octanol–water partition coefficient (Wildman–Crippen LogP) is 1.78. The molecule has 66 valence electrons. The third-order valence-corrected chi connectivity index (χ3v) is 1.85. The van der Waals surface area contributed by atoms with Crippen molar-refractivity contribution in [2.75, 3.05) is 0 Å². The van der Waals surface area contributed by atoms with Crippen molar-refractivity contribution >= 4 is 16.6 Å². The van der Waals surface area contributed by atoms with Crippen LogP contribution in [0.2, 0.25) is 0 Å². The lowest BCUT2D eigenvalue weighted by Crippen LogP contribution is -1.86. The zero-order valence-electron chi connectivity index (χ0n) is 6.52. The average molecular weight is 178 g/mol. The molecular weight excluding hydrogens is 172 g/mol. The molecule has 0 spiro atoms. The minimum absolute atomic E-state index is 0.00866. The van der Waals surface area contributed by atoms with Crippen molar-refractivity contribution in [3.8, 4) is 5.75 Å². The van der Waals surface area contributed by atoms with E-state index in [1.807, 2.05) is 0 Å². The molecule has 0 saturated heterocycles. The van der Waals surface area contributed by atoms with Gasteiger partial charge in [0, 0.05) is 23.7 Å². The molecule has 0 aliphatic heterocycles. The van der Waals surface area contributed by atoms with Crippen LogP contribution >= 0.6 is 0 Å². The Morgan fingerprint density at radius 2 is 2.23 bits per heavy atom. The van der Waals surface area contributed by atoms with Crippen LogP contribution in [0.4, 0.5) is 5.69 Å². The molecule has 0 saturated carbocycles. The van der Waals surface area contributed by atoms with Gasteiger partial charge < -0.3 is 10.1 Å². The van der Waals surface area contributed by atoms with Gasteiger partial charge in [-0.05, 0) is 6.07 Å². The number of aromatic amines is 1. The van der Waals surface area contributed by atoms with Crippen LogP contribution in [-0.4, -0.2) is 15.0 Å². The number of hydrogen-bond donors (Lipinski definition) is 2. The van der Waals surface area contributed by atoms with E-state index in [2.05, 4.69) is 4.98 Å². The van der Waals surface area contributed by atoms with Gasteiger partial charge in [0.05, 0.1) is 10.4 Å². The summed E-state index contributed by atoms with van der Waals surface area (Å²) in [7, 11) is 0. The van der Waals surface area contributed by atoms with Crippen molar-refractivity contribution in [3.63, 3.8) is 0 Å². The first-order valence-electron chi connectivity index (χ1n) is 3.63. The summed E-state index contributed by atoms with van der Waals surface area (Å²) in [6.45, 7) is 0. The summed E-state index contributed by atoms with van der Waals surface area (Å²) < 4.78 is 0. The second-order valence-corrected chi connectivity index (χ2v) is 2.66. The van der Waals surface area contributed by atoms with Crippen LogP contribution in [0, 0.1) is 10.1 Å². The first-order chi connectivity index (χ1) is 6.18. The van der Waals surface area contributed by atoms with Gasteiger partial charge >= 0.3 is 0 Å². The number of rotatable bonds is 1. The summed E-state index contributed by atoms with van der Waals surface area (Å²) in [6.07, 6.45) is 1.40. The molecule has 0 amide bonds. The molecule has 0 unspecified atom stereocenters. The molecule has 5 heteroatoms. The fourth-order valence-electron chi connectivity index (χ4n) is 1.21. The van der Waals surface area contributed by atoms with Gasteiger partial charge in [-0.2, -0.15) is 0 Å². The fraction of sp³-hybridized carbons (Fsp3) is 0. The van der Waals surface area contributed by atoms with Gasteiger partial charge in [0.1, 0.15) is 5.75 Å². The Kier molecular flexibility index (Phi) is 1.45. The summed E-state index contributed by atoms with van der Waals surface area (Å²) in [4.78, 5) is 12.6. The first kappa shape index (κ1) is 7.60. The standard InChI is InChI=1S/C8H6N2O3/c11-8-4-9-7-3-5(10(12)13)1-2-6(7)8/h1-4,9,11H. The van der Waals surface area contributed by atoms with Crippen molar-refractivity contribution in [2.24, 2.45) is 0 Å². The number of non-ortho nitro benzene ring substituents is 1. The number of hydrogen-bond acceptors (Lipinski definition) is 3. The highest BCUT2D eigenvalue weighted by Crippen LogP contribution is 2.26. The molecule has 0 fully saturated rings. The van der Waals surface area contributed by atoms with E-state index in [1.165, 1.54) is 24.4 Å². The number of nitrogens with one attached hydrogen (secondary N) is 1. The Bertz CT molecular complexity index is 475. The lowest BCUT2D eigenvalue weighted by molar-refractivity contribution is -0.384. The Morgan fingerprint density at radius 3 is 2.92 bits per heavy atom. The van der Waals surface area contributed by atoms with Crippen LogP contribution < -0.4 is 0 Å². The van der Waals surface area contributed by atoms with Crippen molar-refractivity contribution in [3.05, 3.63) is 34.5 Å². The predicted molar refractivity (Wildman–Crippen MR) is 46.6 cm³/mol. The number of nitro groups is 1. The summed E-state index contributed by atoms with van der Waals surface area (Å²) in [5.41, 5.74) is 0.570. The lowest BCUT2D eigenvalue weighted by atomic mass is 10.2. The van der Waals surface area contributed by atoms with E-state index in [0.717, 1.165) is 0 Å². The lowest BCUT2D eigenvalue weighted by Gasteiger charge is -1.91. The van der Waals surface area contributed by atoms with Crippen LogP contribution in [0.15, 0.2) is 24.4 Å². The molecule has 2 rings (SSSR count). The average Bonchev–Trinajstić information content (AvgIpc) is 2.47. The molecule has 13 heavy (non-hydrogen) atoms. The Morgan fingerprint density at radius 1 is 1.46 bits per heavy atom. The van der Waals surface area contributed by atoms with Crippen molar-refractivity contribution < 1.29 is 10.0 Å². The molecule has 0 radical (unpaired) electrons. The largest absolute Gasteiger partial charge is 0.506 e. The summed E-state index contributed by atoms with van der Waals surface area (Å²) in [5, 5.41) is 20.2. The van der Waals surface area contributed by atoms with Crippen LogP contribution in [0.1, 0.15) is 0 Å². The second kappa shape index (κ2) is 2.48. The Hall–Kier alpha value is -2.04. The highest BCUT2D eigenvalue weighted by molar-refractivity contribution is 5.87. The number of aromatic hydroxyl groups is 1. The topological polar surface area (TPSA) is 79.2 Å². The van der Waals surface area contributed by atoms with E-state index in [-0.39, 0.29) is 11.4 Å². The monoisotopic (exact) mass is 178 g/mol. The maximum atomic E-state index is 10.4. The van der Waals surface area contributed by atoms with E-state index >= 15 is 0 Å². The zero-order chi connectivity index (χ0) is 9.42. The molecule has 2 N–H and O–H groups in total. The molecule has 0 aliphatic carbocycles. The first-order valence-corrected chi connectivity index (χ1v) is 3.63. The Labute approximate surface area is 72.8 Å². The van der Waals surface area contributed by atoms with Crippen molar-refractivity contribution in [1.29, 1.82) is 0 Å². The zero-order valence-corrected chi connectivity index (χ0v) is 6.52. The van der Waals surface area contributed by atoms with Gasteiger partial charge in [0.15, 0.2) is 0 Å². The van der Waals surface area contributed by atoms with E-state index in [4.69, 9.17) is 0 Å². The van der Waals surface area contributed by atoms with Gasteiger partial charge in [-0.25, -0.2) is 0 Å². The van der Waals surface area contributed by atoms with Crippen LogP contribution in [-0.2, 0) is 0 Å². The van der Waals surface area contributed by atoms with E-state index in [0.29, 0.717) is 10.9 Å². The second-order valence-electron chi connectivity index (χ2n) is 2.66. The summed E-state index contributed by atoms with van der Waals surface area (Å²) >= 11 is 0. The van der Waals surface area contributed by atoms with Gasteiger partial charge in [0.25, 0.3) is 5.69 Å². The number of H-pyrrole nitrogens is 1. The number of fused-ring (bicyclic) bond motifs is 1. The molecule has 0 bridgehead atoms. The molecule has 0 atom stereocenters. The number of nitro benzene ring substituents is 1. The van der Waals surface area contributed by atoms with Gasteiger partial charge in [0.2, 0.25) is 0 Å². The quantitative estimate of drug-likeness (QED) is 0.516. The normalized spacial score (nSPS) is 10.5. The van der Waals surface area contributed by atoms with Crippen molar-refractivity contribution in [1.82, 2.24) is 4.98 Å². The third-order valence-electron chi connectivity index (χ3n) is 1.85. The molecule has 1 aromatic carbocycles. The van der Waals surface area contributed by atoms with E-state index < -0.39 is 4.92 Å². The van der Waals surface area contributed by atoms with Gasteiger partial charge in [-0.1, -0.05) is 0 Å². The minimum Gasteiger partial charge on any atom is -0.506 e. The summed E-state index contributed by atoms with van der Waals surface area (Å²) in [6, 6.07) is 4.25. The smallest absolute Gasteiger partial charge is 0.271 e. The molecular formula is C8H6N2O3. The molecule has 1 aromatic heterocycles. The molecule has 2 aromatic rings. The van der Waals surface area contributed by atoms with Crippen LogP contribution in [0.3, 0.4) is 0 Å². The summed E-state index contributed by atoms with van der Waals surface area (Å²) in [5.74, 6) is 0.102. The highest BCUT2D eigenvalue weighted by atomic mass is 16.6. The van der Waals surface area contributed by atoms with Crippen molar-refractivity contribution in [2.45, 2.75) is 0 Å². The number of nitrogens with zero attached hydrogens (tertiary/aromatic N) is 1. The van der Waals surface area contributed by atoms with Crippen LogP contribution in [0.5, 0.6) is 5.75 Å². The number of aromatic nitrogens is 1. The molecule has 5 nitrogen and oxygen atoms in total. The highest BCUT2D eigenvalue weighted by Gasteiger charge is 2.08. The minimum atomic E-state index is -0.475. The molecule has 0 aliphatic rings. The SMILES string of the molecule is O=[N+]([O-])c1ccc2c(O)c[nH]c2c1. The van der Waals surface area contributed by atoms with Gasteiger partial charge in [-0.3, -0.25) is 10.1 Å². The Balaban J connectivity index is 2.70. The maximum Gasteiger partial charge on any atom is 0.271 e. The maximum absolute atomic E-state index is 10.4. The molecule has 1 heterocycles. The fourth-order valence-corrected chi connectivity index (χ4v) is 1.21. The van der Waals surface area contributed by atoms with E-state index in [9.17, 15) is 15.2 Å².